The Balaban J connectivity index is 0.000000160. The monoisotopic (exact) mass is 367 g/mol. The molecule has 0 bridgehead atoms. The highest BCUT2D eigenvalue weighted by Gasteiger charge is 2.33. The molecule has 0 radical (unpaired) electrons. The minimum atomic E-state index is -4.27. The minimum absolute atomic E-state index is 0.121. The second kappa shape index (κ2) is 6.67. The van der Waals surface area contributed by atoms with Crippen LogP contribution in [-0.2, 0) is 15.5 Å². The van der Waals surface area contributed by atoms with Gasteiger partial charge in [0.15, 0.2) is 6.21 Å². The average Bonchev–Trinajstić information content (AvgIpc) is 2.91. The SMILES string of the molecule is CC1(C)C=[NH+]c2ccc3ccccc3c21.Cc1ccc(S(=O)(=O)[O-])cc1. The summed E-state index contributed by atoms with van der Waals surface area (Å²) in [7, 11) is -4.27. The molecule has 4 nitrogen and oxygen atoms in total. The summed E-state index contributed by atoms with van der Waals surface area (Å²) in [5, 5.41) is 2.68. The van der Waals surface area contributed by atoms with Gasteiger partial charge in [0.05, 0.1) is 10.3 Å². The molecule has 1 aliphatic rings. The molecule has 0 spiro atoms. The van der Waals surface area contributed by atoms with Crippen molar-refractivity contribution in [1.82, 2.24) is 0 Å². The van der Waals surface area contributed by atoms with Gasteiger partial charge < -0.3 is 4.55 Å². The van der Waals surface area contributed by atoms with Crippen molar-refractivity contribution >= 4 is 32.8 Å². The zero-order chi connectivity index (χ0) is 18.9. The fraction of sp³-hybridized carbons (Fsp3) is 0.190. The number of nitrogens with one attached hydrogen (secondary N) is 1. The van der Waals surface area contributed by atoms with E-state index in [1.165, 1.54) is 34.2 Å². The van der Waals surface area contributed by atoms with E-state index in [-0.39, 0.29) is 10.3 Å². The molecule has 0 atom stereocenters. The van der Waals surface area contributed by atoms with Crippen molar-refractivity contribution in [1.29, 1.82) is 0 Å². The van der Waals surface area contributed by atoms with Gasteiger partial charge in [-0.25, -0.2) is 13.4 Å². The molecule has 0 aliphatic carbocycles. The highest BCUT2D eigenvalue weighted by molar-refractivity contribution is 7.85. The zero-order valence-electron chi connectivity index (χ0n) is 15.0. The molecule has 4 rings (SSSR count). The topological polar surface area (TPSA) is 71.2 Å². The zero-order valence-corrected chi connectivity index (χ0v) is 15.8. The Morgan fingerprint density at radius 1 is 0.923 bits per heavy atom. The van der Waals surface area contributed by atoms with Crippen molar-refractivity contribution in [2.45, 2.75) is 31.1 Å². The molecule has 134 valence electrons. The van der Waals surface area contributed by atoms with Crippen LogP contribution < -0.4 is 4.99 Å². The van der Waals surface area contributed by atoms with Crippen LogP contribution in [0, 0.1) is 6.92 Å². The van der Waals surface area contributed by atoms with Gasteiger partial charge in [-0.2, -0.15) is 0 Å². The molecule has 1 N–H and O–H groups in total. The van der Waals surface area contributed by atoms with Crippen LogP contribution in [-0.4, -0.2) is 19.2 Å². The quantitative estimate of drug-likeness (QED) is 0.672. The van der Waals surface area contributed by atoms with E-state index in [9.17, 15) is 13.0 Å². The van der Waals surface area contributed by atoms with Crippen LogP contribution in [0.2, 0.25) is 0 Å². The van der Waals surface area contributed by atoms with Gasteiger partial charge in [0.2, 0.25) is 5.69 Å². The summed E-state index contributed by atoms with van der Waals surface area (Å²) in [6.45, 7) is 6.32. The number of benzene rings is 3. The molecular formula is C21H21NO3S. The molecule has 0 saturated carbocycles. The third kappa shape index (κ3) is 3.69. The Morgan fingerprint density at radius 2 is 1.58 bits per heavy atom. The largest absolute Gasteiger partial charge is 0.744 e. The van der Waals surface area contributed by atoms with Gasteiger partial charge in [0, 0.05) is 11.6 Å². The first-order valence-electron chi connectivity index (χ1n) is 8.34. The molecule has 1 aliphatic heterocycles. The third-order valence-corrected chi connectivity index (χ3v) is 5.32. The van der Waals surface area contributed by atoms with E-state index in [0.29, 0.717) is 0 Å². The van der Waals surface area contributed by atoms with Gasteiger partial charge in [0.1, 0.15) is 10.1 Å². The van der Waals surface area contributed by atoms with Gasteiger partial charge in [-0.15, -0.1) is 0 Å². The number of hydrogen-bond acceptors (Lipinski definition) is 3. The lowest BCUT2D eigenvalue weighted by molar-refractivity contribution is -0.344. The molecule has 26 heavy (non-hydrogen) atoms. The molecule has 0 fully saturated rings. The Hall–Kier alpha value is -2.50. The number of aryl methyl sites for hydroxylation is 1. The highest BCUT2D eigenvalue weighted by atomic mass is 32.2. The van der Waals surface area contributed by atoms with E-state index >= 15 is 0 Å². The van der Waals surface area contributed by atoms with E-state index in [0.717, 1.165) is 5.56 Å². The number of rotatable bonds is 1. The van der Waals surface area contributed by atoms with Crippen LogP contribution in [0.25, 0.3) is 10.8 Å². The fourth-order valence-electron chi connectivity index (χ4n) is 3.12. The molecule has 3 aromatic rings. The summed E-state index contributed by atoms with van der Waals surface area (Å²) in [5.74, 6) is 0. The normalized spacial score (nSPS) is 14.6. The Kier molecular flexibility index (Phi) is 4.69. The first-order chi connectivity index (χ1) is 12.2. The molecule has 0 amide bonds. The van der Waals surface area contributed by atoms with Crippen molar-refractivity contribution < 1.29 is 18.0 Å². The second-order valence-electron chi connectivity index (χ2n) is 6.99. The van der Waals surface area contributed by atoms with Gasteiger partial charge in [-0.1, -0.05) is 42.0 Å². The Labute approximate surface area is 154 Å². The molecule has 0 saturated heterocycles. The molecule has 1 heterocycles. The predicted molar refractivity (Wildman–Crippen MR) is 103 cm³/mol. The van der Waals surface area contributed by atoms with Crippen molar-refractivity contribution in [3.63, 3.8) is 0 Å². The van der Waals surface area contributed by atoms with Gasteiger partial charge >= 0.3 is 0 Å². The minimum Gasteiger partial charge on any atom is -0.744 e. The smallest absolute Gasteiger partial charge is 0.208 e. The molecule has 0 aromatic heterocycles. The van der Waals surface area contributed by atoms with Crippen LogP contribution in [0.3, 0.4) is 0 Å². The third-order valence-electron chi connectivity index (χ3n) is 4.47. The molecule has 5 heteroatoms. The summed E-state index contributed by atoms with van der Waals surface area (Å²) in [6.07, 6.45) is 2.17. The average molecular weight is 367 g/mol. The van der Waals surface area contributed by atoms with Crippen LogP contribution in [0.15, 0.2) is 65.6 Å². The summed E-state index contributed by atoms with van der Waals surface area (Å²) < 4.78 is 31.2. The van der Waals surface area contributed by atoms with E-state index < -0.39 is 10.1 Å². The van der Waals surface area contributed by atoms with Crippen LogP contribution in [0.1, 0.15) is 25.0 Å². The van der Waals surface area contributed by atoms with Crippen molar-refractivity contribution in [3.8, 4) is 0 Å². The summed E-state index contributed by atoms with van der Waals surface area (Å²) in [5.41, 5.74) is 3.72. The first-order valence-corrected chi connectivity index (χ1v) is 9.75. The van der Waals surface area contributed by atoms with Crippen molar-refractivity contribution in [2.24, 2.45) is 0 Å². The lowest BCUT2D eigenvalue weighted by Gasteiger charge is -2.13. The van der Waals surface area contributed by atoms with E-state index in [1.807, 2.05) is 6.92 Å². The lowest BCUT2D eigenvalue weighted by atomic mass is 9.84. The van der Waals surface area contributed by atoms with Gasteiger partial charge in [-0.05, 0) is 49.7 Å². The Morgan fingerprint density at radius 3 is 2.23 bits per heavy atom. The molecule has 3 aromatic carbocycles. The van der Waals surface area contributed by atoms with Crippen LogP contribution in [0.5, 0.6) is 0 Å². The number of fused-ring (bicyclic) bond motifs is 3. The van der Waals surface area contributed by atoms with E-state index in [2.05, 4.69) is 61.5 Å². The van der Waals surface area contributed by atoms with Gasteiger partial charge in [-0.3, -0.25) is 0 Å². The Bertz CT molecular complexity index is 1080. The number of hydrogen-bond donors (Lipinski definition) is 1. The predicted octanol–water partition coefficient (Wildman–Crippen LogP) is 2.81. The van der Waals surface area contributed by atoms with E-state index in [4.69, 9.17) is 0 Å². The summed E-state index contributed by atoms with van der Waals surface area (Å²) >= 11 is 0. The maximum absolute atomic E-state index is 10.4. The fourth-order valence-corrected chi connectivity index (χ4v) is 3.59. The van der Waals surface area contributed by atoms with Gasteiger partial charge in [0.25, 0.3) is 0 Å². The maximum atomic E-state index is 10.4. The standard InChI is InChI=1S/C14H13N.C7H8O3S/c1-14(2)9-15-12-8-7-10-5-3-4-6-11(10)13(12)14;1-6-2-4-7(5-3-6)11(8,9)10/h3-9H,1-2H3;2-5H,1H3,(H,8,9,10). The van der Waals surface area contributed by atoms with Crippen LogP contribution in [0.4, 0.5) is 5.69 Å². The summed E-state index contributed by atoms with van der Waals surface area (Å²) in [4.78, 5) is 3.18. The summed E-state index contributed by atoms with van der Waals surface area (Å²) in [6, 6.07) is 18.7. The van der Waals surface area contributed by atoms with Crippen molar-refractivity contribution in [2.75, 3.05) is 0 Å². The first kappa shape index (κ1) is 18.3. The van der Waals surface area contributed by atoms with Crippen molar-refractivity contribution in [3.05, 3.63) is 71.8 Å². The second-order valence-corrected chi connectivity index (χ2v) is 8.37. The molecular weight excluding hydrogens is 346 g/mol. The van der Waals surface area contributed by atoms with E-state index in [1.54, 1.807) is 12.1 Å². The lowest BCUT2D eigenvalue weighted by Crippen LogP contribution is -2.60. The van der Waals surface area contributed by atoms with Crippen LogP contribution >= 0.6 is 0 Å². The maximum Gasteiger partial charge on any atom is 0.208 e. The molecule has 0 unspecified atom stereocenters. The highest BCUT2D eigenvalue weighted by Crippen LogP contribution is 2.34.